The molecule has 0 aromatic heterocycles. The summed E-state index contributed by atoms with van der Waals surface area (Å²) in [5.41, 5.74) is 2.75. The minimum Gasteiger partial charge on any atom is -0.382 e. The molecule has 0 amide bonds. The van der Waals surface area contributed by atoms with Gasteiger partial charge in [0.1, 0.15) is 0 Å². The van der Waals surface area contributed by atoms with Crippen LogP contribution in [-0.4, -0.2) is 6.04 Å². The van der Waals surface area contributed by atoms with Gasteiger partial charge in [0, 0.05) is 11.7 Å². The number of para-hydroxylation sites is 1. The molecule has 1 heteroatoms. The van der Waals surface area contributed by atoms with Crippen LogP contribution in [0.25, 0.3) is 0 Å². The molecule has 18 heavy (non-hydrogen) atoms. The van der Waals surface area contributed by atoms with Crippen LogP contribution in [0.4, 0.5) is 5.69 Å². The normalized spacial score (nSPS) is 14.6. The molecule has 1 aromatic rings. The van der Waals surface area contributed by atoms with E-state index < -0.39 is 0 Å². The van der Waals surface area contributed by atoms with Crippen molar-refractivity contribution in [1.82, 2.24) is 0 Å². The zero-order chi connectivity index (χ0) is 13.5. The highest BCUT2D eigenvalue weighted by Crippen LogP contribution is 2.26. The van der Waals surface area contributed by atoms with Crippen LogP contribution in [0.3, 0.4) is 0 Å². The van der Waals surface area contributed by atoms with Gasteiger partial charge in [-0.3, -0.25) is 0 Å². The Morgan fingerprint density at radius 2 is 1.67 bits per heavy atom. The molecule has 0 fully saturated rings. The smallest absolute Gasteiger partial charge is 0.0377 e. The van der Waals surface area contributed by atoms with Crippen LogP contribution >= 0.6 is 0 Å². The fraction of sp³-hybridized carbons (Fsp3) is 0.647. The van der Waals surface area contributed by atoms with E-state index in [0.717, 1.165) is 5.92 Å². The Hall–Kier alpha value is -0.980. The molecule has 1 N–H and O–H groups in total. The van der Waals surface area contributed by atoms with Gasteiger partial charge in [-0.25, -0.2) is 0 Å². The molecule has 0 radical (unpaired) electrons. The SMILES string of the molecule is CCC(C)CC(CC)Nc1ccccc1C(C)C. The second kappa shape index (κ2) is 7.45. The number of hydrogen-bond acceptors (Lipinski definition) is 1. The highest BCUT2D eigenvalue weighted by Gasteiger charge is 2.13. The molecule has 0 spiro atoms. The van der Waals surface area contributed by atoms with Crippen LogP contribution in [0.15, 0.2) is 24.3 Å². The van der Waals surface area contributed by atoms with E-state index in [-0.39, 0.29) is 0 Å². The summed E-state index contributed by atoms with van der Waals surface area (Å²) in [6.45, 7) is 11.4. The first-order chi connectivity index (χ1) is 8.58. The molecular weight excluding hydrogens is 218 g/mol. The topological polar surface area (TPSA) is 12.0 Å². The second-order valence-electron chi connectivity index (χ2n) is 5.74. The summed E-state index contributed by atoms with van der Waals surface area (Å²) in [4.78, 5) is 0. The molecule has 0 heterocycles. The molecule has 1 rings (SSSR count). The fourth-order valence-electron chi connectivity index (χ4n) is 2.33. The quantitative estimate of drug-likeness (QED) is 0.676. The van der Waals surface area contributed by atoms with Crippen molar-refractivity contribution in [2.24, 2.45) is 5.92 Å². The average Bonchev–Trinajstić information content (AvgIpc) is 2.38. The number of rotatable bonds is 7. The summed E-state index contributed by atoms with van der Waals surface area (Å²) in [5, 5.41) is 3.74. The van der Waals surface area contributed by atoms with Gasteiger partial charge in [0.05, 0.1) is 0 Å². The molecule has 0 aliphatic carbocycles. The van der Waals surface area contributed by atoms with E-state index in [4.69, 9.17) is 0 Å². The van der Waals surface area contributed by atoms with Gasteiger partial charge >= 0.3 is 0 Å². The van der Waals surface area contributed by atoms with E-state index in [1.807, 2.05) is 0 Å². The Bertz CT molecular complexity index is 343. The van der Waals surface area contributed by atoms with Crippen molar-refractivity contribution in [2.45, 2.75) is 65.8 Å². The molecule has 0 bridgehead atoms. The Kier molecular flexibility index (Phi) is 6.24. The Labute approximate surface area is 113 Å². The number of benzene rings is 1. The predicted octanol–water partition coefficient (Wildman–Crippen LogP) is 5.44. The monoisotopic (exact) mass is 247 g/mol. The summed E-state index contributed by atoms with van der Waals surface area (Å²) < 4.78 is 0. The summed E-state index contributed by atoms with van der Waals surface area (Å²) in [5.74, 6) is 1.38. The fourth-order valence-corrected chi connectivity index (χ4v) is 2.33. The summed E-state index contributed by atoms with van der Waals surface area (Å²) in [6.07, 6.45) is 3.72. The standard InChI is InChI=1S/C17H29N/c1-6-14(5)12-15(7-2)18-17-11-9-8-10-16(17)13(3)4/h8-11,13-15,18H,6-7,12H2,1-5H3. The van der Waals surface area contributed by atoms with Crippen LogP contribution in [-0.2, 0) is 0 Å². The maximum atomic E-state index is 3.74. The molecule has 0 saturated carbocycles. The largest absolute Gasteiger partial charge is 0.382 e. The molecule has 0 aliphatic heterocycles. The van der Waals surface area contributed by atoms with Crippen LogP contribution < -0.4 is 5.32 Å². The molecule has 1 aromatic carbocycles. The molecular formula is C17H29N. The number of hydrogen-bond donors (Lipinski definition) is 1. The molecule has 0 saturated heterocycles. The highest BCUT2D eigenvalue weighted by molar-refractivity contribution is 5.53. The molecule has 2 unspecified atom stereocenters. The van der Waals surface area contributed by atoms with Crippen LogP contribution in [0.1, 0.15) is 65.4 Å². The third-order valence-electron chi connectivity index (χ3n) is 3.82. The summed E-state index contributed by atoms with van der Waals surface area (Å²) in [6, 6.07) is 9.32. The van der Waals surface area contributed by atoms with Crippen LogP contribution in [0.5, 0.6) is 0 Å². The van der Waals surface area contributed by atoms with E-state index in [2.05, 4.69) is 64.2 Å². The molecule has 1 nitrogen and oxygen atoms in total. The van der Waals surface area contributed by atoms with E-state index >= 15 is 0 Å². The summed E-state index contributed by atoms with van der Waals surface area (Å²) in [7, 11) is 0. The van der Waals surface area contributed by atoms with Gasteiger partial charge in [-0.05, 0) is 36.3 Å². The van der Waals surface area contributed by atoms with Crippen molar-refractivity contribution in [2.75, 3.05) is 5.32 Å². The van der Waals surface area contributed by atoms with E-state index in [9.17, 15) is 0 Å². The molecule has 2 atom stereocenters. The highest BCUT2D eigenvalue weighted by atomic mass is 14.9. The lowest BCUT2D eigenvalue weighted by Gasteiger charge is -2.24. The zero-order valence-corrected chi connectivity index (χ0v) is 12.7. The van der Waals surface area contributed by atoms with Gasteiger partial charge < -0.3 is 5.32 Å². The zero-order valence-electron chi connectivity index (χ0n) is 12.7. The molecule has 102 valence electrons. The number of nitrogens with one attached hydrogen (secondary N) is 1. The summed E-state index contributed by atoms with van der Waals surface area (Å²) >= 11 is 0. The van der Waals surface area contributed by atoms with Crippen molar-refractivity contribution >= 4 is 5.69 Å². The predicted molar refractivity (Wildman–Crippen MR) is 82.3 cm³/mol. The van der Waals surface area contributed by atoms with E-state index in [1.54, 1.807) is 0 Å². The Morgan fingerprint density at radius 1 is 1.00 bits per heavy atom. The minimum atomic E-state index is 0.579. The average molecular weight is 247 g/mol. The van der Waals surface area contributed by atoms with Gasteiger partial charge in [-0.1, -0.05) is 59.2 Å². The van der Waals surface area contributed by atoms with Crippen molar-refractivity contribution in [3.8, 4) is 0 Å². The third kappa shape index (κ3) is 4.36. The van der Waals surface area contributed by atoms with Gasteiger partial charge in [-0.2, -0.15) is 0 Å². The van der Waals surface area contributed by atoms with Crippen molar-refractivity contribution in [1.29, 1.82) is 0 Å². The van der Waals surface area contributed by atoms with Gasteiger partial charge in [0.15, 0.2) is 0 Å². The first kappa shape index (κ1) is 15.1. The third-order valence-corrected chi connectivity index (χ3v) is 3.82. The van der Waals surface area contributed by atoms with E-state index in [0.29, 0.717) is 12.0 Å². The Balaban J connectivity index is 2.75. The minimum absolute atomic E-state index is 0.579. The van der Waals surface area contributed by atoms with E-state index in [1.165, 1.54) is 30.5 Å². The van der Waals surface area contributed by atoms with Crippen molar-refractivity contribution in [3.05, 3.63) is 29.8 Å². The Morgan fingerprint density at radius 3 is 2.22 bits per heavy atom. The van der Waals surface area contributed by atoms with Gasteiger partial charge in [0.2, 0.25) is 0 Å². The van der Waals surface area contributed by atoms with Gasteiger partial charge in [-0.15, -0.1) is 0 Å². The van der Waals surface area contributed by atoms with Crippen LogP contribution in [0, 0.1) is 5.92 Å². The first-order valence-corrected chi connectivity index (χ1v) is 7.43. The maximum Gasteiger partial charge on any atom is 0.0377 e. The lowest BCUT2D eigenvalue weighted by atomic mass is 9.96. The lowest BCUT2D eigenvalue weighted by molar-refractivity contribution is 0.461. The molecule has 0 aliphatic rings. The van der Waals surface area contributed by atoms with Crippen molar-refractivity contribution < 1.29 is 0 Å². The lowest BCUT2D eigenvalue weighted by Crippen LogP contribution is -2.22. The second-order valence-corrected chi connectivity index (χ2v) is 5.74. The maximum absolute atomic E-state index is 3.74. The van der Waals surface area contributed by atoms with Crippen molar-refractivity contribution in [3.63, 3.8) is 0 Å². The first-order valence-electron chi connectivity index (χ1n) is 7.43. The van der Waals surface area contributed by atoms with Crippen LogP contribution in [0.2, 0.25) is 0 Å². The number of anilines is 1. The van der Waals surface area contributed by atoms with Gasteiger partial charge in [0.25, 0.3) is 0 Å².